The summed E-state index contributed by atoms with van der Waals surface area (Å²) in [5.74, 6) is 0.845. The third-order valence-electron chi connectivity index (χ3n) is 4.03. The number of carbonyl (C=O) groups excluding carboxylic acids is 1. The summed E-state index contributed by atoms with van der Waals surface area (Å²) in [5, 5.41) is 10.3. The van der Waals surface area contributed by atoms with Crippen molar-refractivity contribution in [1.82, 2.24) is 0 Å². The van der Waals surface area contributed by atoms with Gasteiger partial charge >= 0.3 is 0 Å². The van der Waals surface area contributed by atoms with E-state index < -0.39 is 0 Å². The number of halogens is 2. The van der Waals surface area contributed by atoms with Gasteiger partial charge in [-0.1, -0.05) is 23.2 Å². The first-order valence-corrected chi connectivity index (χ1v) is 8.36. The summed E-state index contributed by atoms with van der Waals surface area (Å²) >= 11 is 11.9. The Kier molecular flexibility index (Phi) is 5.34. The number of hydrogen-bond donors (Lipinski definition) is 2. The molecule has 0 fully saturated rings. The maximum absolute atomic E-state index is 12.6. The van der Waals surface area contributed by atoms with Crippen LogP contribution in [0, 0.1) is 0 Å². The van der Waals surface area contributed by atoms with Crippen molar-refractivity contribution < 1.29 is 25.0 Å². The zero-order valence-electron chi connectivity index (χ0n) is 13.5. The quantitative estimate of drug-likeness (QED) is 0.614. The fraction of sp³-hybridized carbons (Fsp3) is 0.235. The summed E-state index contributed by atoms with van der Waals surface area (Å²) in [6.45, 7) is 0.315. The molecule has 1 heterocycles. The van der Waals surface area contributed by atoms with Gasteiger partial charge in [0, 0.05) is 23.2 Å². The van der Waals surface area contributed by atoms with E-state index in [2.05, 4.69) is 0 Å². The number of methoxy groups -OCH3 is 1. The van der Waals surface area contributed by atoms with Crippen molar-refractivity contribution in [3.8, 4) is 11.5 Å². The lowest BCUT2D eigenvalue weighted by molar-refractivity contribution is -0.825. The van der Waals surface area contributed by atoms with E-state index >= 15 is 0 Å². The molecule has 6 nitrogen and oxygen atoms in total. The summed E-state index contributed by atoms with van der Waals surface area (Å²) in [7, 11) is 1.58. The highest BCUT2D eigenvalue weighted by molar-refractivity contribution is 6.35. The van der Waals surface area contributed by atoms with Gasteiger partial charge in [0.2, 0.25) is 0 Å². The second-order valence-corrected chi connectivity index (χ2v) is 6.32. The molecular weight excluding hydrogens is 367 g/mol. The largest absolute Gasteiger partial charge is 0.496 e. The number of quaternary nitrogens is 1. The number of hydrogen-bond acceptors (Lipinski definition) is 4. The van der Waals surface area contributed by atoms with Gasteiger partial charge in [-0.15, -0.1) is 0 Å². The molecule has 0 aromatic heterocycles. The molecule has 1 amide bonds. The first-order chi connectivity index (χ1) is 12.0. The number of anilines is 1. The van der Waals surface area contributed by atoms with Crippen molar-refractivity contribution in [2.24, 2.45) is 0 Å². The van der Waals surface area contributed by atoms with Crippen LogP contribution in [-0.2, 0) is 11.2 Å². The molecular formula is C17H17Cl2N2O4+. The summed E-state index contributed by atoms with van der Waals surface area (Å²) in [6, 6.07) is 8.30. The summed E-state index contributed by atoms with van der Waals surface area (Å²) in [6.07, 6.45) is 0.646. The Morgan fingerprint density at radius 1 is 1.28 bits per heavy atom. The molecule has 0 spiro atoms. The number of benzene rings is 2. The van der Waals surface area contributed by atoms with Gasteiger partial charge in [0.25, 0.3) is 5.91 Å². The Morgan fingerprint density at radius 3 is 2.72 bits per heavy atom. The second-order valence-electron chi connectivity index (χ2n) is 5.47. The van der Waals surface area contributed by atoms with Crippen molar-refractivity contribution in [1.29, 1.82) is 0 Å². The molecule has 3 N–H and O–H groups in total. The molecule has 1 aliphatic heterocycles. The van der Waals surface area contributed by atoms with Crippen LogP contribution in [-0.4, -0.2) is 31.4 Å². The minimum absolute atomic E-state index is 0.178. The molecule has 25 heavy (non-hydrogen) atoms. The van der Waals surface area contributed by atoms with E-state index in [0.717, 1.165) is 11.0 Å². The van der Waals surface area contributed by atoms with Gasteiger partial charge < -0.3 is 14.4 Å². The van der Waals surface area contributed by atoms with Crippen molar-refractivity contribution in [3.05, 3.63) is 45.9 Å². The van der Waals surface area contributed by atoms with Crippen molar-refractivity contribution in [2.45, 2.75) is 6.42 Å². The molecule has 0 bridgehead atoms. The Morgan fingerprint density at radius 2 is 2.04 bits per heavy atom. The normalized spacial score (nSPS) is 12.9. The fourth-order valence-corrected chi connectivity index (χ4v) is 3.35. The molecule has 8 heteroatoms. The van der Waals surface area contributed by atoms with E-state index in [1.807, 2.05) is 0 Å². The number of nitrogens with zero attached hydrogens (tertiary/aromatic N) is 1. The Labute approximate surface area is 154 Å². The fourth-order valence-electron chi connectivity index (χ4n) is 2.89. The smallest absolute Gasteiger partial charge is 0.265 e. The van der Waals surface area contributed by atoms with Crippen molar-refractivity contribution in [2.75, 3.05) is 25.2 Å². The van der Waals surface area contributed by atoms with Gasteiger partial charge in [-0.2, -0.15) is 5.48 Å². The molecule has 1 aliphatic rings. The van der Waals surface area contributed by atoms with E-state index in [0.29, 0.717) is 45.9 Å². The monoisotopic (exact) mass is 383 g/mol. The number of rotatable bonds is 5. The maximum Gasteiger partial charge on any atom is 0.265 e. The van der Waals surface area contributed by atoms with Gasteiger partial charge in [-0.05, 0) is 30.7 Å². The van der Waals surface area contributed by atoms with Crippen LogP contribution < -0.4 is 19.9 Å². The Balaban J connectivity index is 1.79. The minimum Gasteiger partial charge on any atom is -0.496 e. The highest BCUT2D eigenvalue weighted by Crippen LogP contribution is 2.39. The van der Waals surface area contributed by atoms with Crippen LogP contribution in [0.4, 0.5) is 11.4 Å². The van der Waals surface area contributed by atoms with Crippen molar-refractivity contribution in [3.63, 3.8) is 0 Å². The zero-order valence-corrected chi connectivity index (χ0v) is 15.0. The molecule has 0 atom stereocenters. The Bertz CT molecular complexity index is 813. The molecule has 0 aliphatic carbocycles. The van der Waals surface area contributed by atoms with E-state index in [1.54, 1.807) is 42.3 Å². The average molecular weight is 384 g/mol. The van der Waals surface area contributed by atoms with Crippen LogP contribution in [0.5, 0.6) is 11.5 Å². The van der Waals surface area contributed by atoms with E-state index in [1.165, 1.54) is 0 Å². The SMILES string of the molecule is COc1ccc([NH2+]O)c2c1CCN2C(=O)COc1ccc(Cl)cc1Cl. The number of nitrogens with two attached hydrogens (primary N) is 1. The Hall–Kier alpha value is -1.99. The molecule has 2 aromatic carbocycles. The van der Waals surface area contributed by atoms with Gasteiger partial charge in [-0.25, -0.2) is 5.21 Å². The lowest BCUT2D eigenvalue weighted by Crippen LogP contribution is -2.74. The molecule has 2 aromatic rings. The number of carbonyl (C=O) groups is 1. The number of ether oxygens (including phenoxy) is 2. The average Bonchev–Trinajstić information content (AvgIpc) is 3.05. The third-order valence-corrected chi connectivity index (χ3v) is 4.56. The molecule has 0 saturated carbocycles. The van der Waals surface area contributed by atoms with Crippen LogP contribution in [0.15, 0.2) is 30.3 Å². The van der Waals surface area contributed by atoms with Crippen LogP contribution in [0.3, 0.4) is 0 Å². The first kappa shape index (κ1) is 17.8. The van der Waals surface area contributed by atoms with Crippen LogP contribution in [0.2, 0.25) is 10.0 Å². The van der Waals surface area contributed by atoms with Gasteiger partial charge in [0.05, 0.1) is 12.1 Å². The second kappa shape index (κ2) is 7.49. The van der Waals surface area contributed by atoms with E-state index in [4.69, 9.17) is 32.7 Å². The third kappa shape index (κ3) is 3.52. The first-order valence-electron chi connectivity index (χ1n) is 7.60. The van der Waals surface area contributed by atoms with Crippen LogP contribution >= 0.6 is 23.2 Å². The molecule has 0 unspecified atom stereocenters. The van der Waals surface area contributed by atoms with Crippen LogP contribution in [0.1, 0.15) is 5.56 Å². The van der Waals surface area contributed by atoms with E-state index in [-0.39, 0.29) is 12.5 Å². The van der Waals surface area contributed by atoms with Crippen molar-refractivity contribution >= 4 is 40.5 Å². The molecule has 0 radical (unpaired) electrons. The maximum atomic E-state index is 12.6. The predicted molar refractivity (Wildman–Crippen MR) is 94.4 cm³/mol. The lowest BCUT2D eigenvalue weighted by Gasteiger charge is -2.19. The predicted octanol–water partition coefficient (Wildman–Crippen LogP) is 2.55. The van der Waals surface area contributed by atoms with Crippen LogP contribution in [0.25, 0.3) is 0 Å². The number of amides is 1. The summed E-state index contributed by atoms with van der Waals surface area (Å²) < 4.78 is 10.9. The topological polar surface area (TPSA) is 75.6 Å². The lowest BCUT2D eigenvalue weighted by atomic mass is 10.1. The highest BCUT2D eigenvalue weighted by atomic mass is 35.5. The molecule has 0 saturated heterocycles. The minimum atomic E-state index is -0.235. The standard InChI is InChI=1S/C17H16Cl2N2O4/c1-24-14-5-3-13(20-23)17-11(14)6-7-21(17)16(22)9-25-15-4-2-10(18)8-12(15)19/h2-5,8,20,23H,6-7,9H2,1H3/p+1. The van der Waals surface area contributed by atoms with Gasteiger partial charge in [0.1, 0.15) is 17.2 Å². The van der Waals surface area contributed by atoms with Gasteiger partial charge in [-0.3, -0.25) is 4.79 Å². The summed E-state index contributed by atoms with van der Waals surface area (Å²) in [4.78, 5) is 14.2. The van der Waals surface area contributed by atoms with E-state index in [9.17, 15) is 10.0 Å². The van der Waals surface area contributed by atoms with Gasteiger partial charge in [0.15, 0.2) is 12.3 Å². The zero-order chi connectivity index (χ0) is 18.0. The highest BCUT2D eigenvalue weighted by Gasteiger charge is 2.32. The summed E-state index contributed by atoms with van der Waals surface area (Å²) in [5.41, 5.74) is 3.09. The molecule has 132 valence electrons. The molecule has 3 rings (SSSR count). The number of fused-ring (bicyclic) bond motifs is 1.